The number of anilines is 3. The van der Waals surface area contributed by atoms with E-state index in [0.717, 1.165) is 5.56 Å². The molecule has 2 atom stereocenters. The van der Waals surface area contributed by atoms with Crippen LogP contribution in [0.4, 0.5) is 21.6 Å². The van der Waals surface area contributed by atoms with E-state index in [-0.39, 0.29) is 11.9 Å². The van der Waals surface area contributed by atoms with Gasteiger partial charge in [0.25, 0.3) is 0 Å². The second-order valence-corrected chi connectivity index (χ2v) is 10.3. The first-order chi connectivity index (χ1) is 14.2. The second kappa shape index (κ2) is 7.90. The van der Waals surface area contributed by atoms with E-state index in [2.05, 4.69) is 20.1 Å². The lowest BCUT2D eigenvalue weighted by Gasteiger charge is -2.26. The third kappa shape index (κ3) is 4.14. The van der Waals surface area contributed by atoms with E-state index >= 15 is 4.39 Å². The summed E-state index contributed by atoms with van der Waals surface area (Å²) in [5.41, 5.74) is 8.57. The number of nitrogens with zero attached hydrogens (tertiary/aromatic N) is 3. The van der Waals surface area contributed by atoms with E-state index in [9.17, 15) is 4.55 Å². The maximum atomic E-state index is 15.0. The summed E-state index contributed by atoms with van der Waals surface area (Å²) >= 11 is -1.27. The number of hydrogen-bond acceptors (Lipinski definition) is 6. The predicted octanol–water partition coefficient (Wildman–Crippen LogP) is 3.77. The minimum atomic E-state index is -1.27. The minimum Gasteiger partial charge on any atom is -0.598 e. The number of nitrogens with one attached hydrogen (secondary N) is 2. The predicted molar refractivity (Wildman–Crippen MR) is 118 cm³/mol. The van der Waals surface area contributed by atoms with Gasteiger partial charge in [-0.1, -0.05) is 0 Å². The quantitative estimate of drug-likeness (QED) is 0.535. The largest absolute Gasteiger partial charge is 0.598 e. The van der Waals surface area contributed by atoms with Gasteiger partial charge in [0.05, 0.1) is 11.7 Å². The average Bonchev–Trinajstić information content (AvgIpc) is 3.33. The number of nitrogen functional groups attached to an aromatic ring is 1. The topological polar surface area (TPSA) is 104 Å². The van der Waals surface area contributed by atoms with Crippen LogP contribution in [-0.2, 0) is 17.8 Å². The summed E-state index contributed by atoms with van der Waals surface area (Å²) in [6, 6.07) is 8.38. The van der Waals surface area contributed by atoms with Crippen LogP contribution in [0.3, 0.4) is 0 Å². The fraction of sp³-hybridized carbons (Fsp3) is 0.333. The van der Waals surface area contributed by atoms with Gasteiger partial charge >= 0.3 is 0 Å². The Bertz CT molecular complexity index is 1050. The SMILES string of the molecule is CC(C)(C)[S@+]([O-])N[C@H]1CCc2cc(Nc3nc(-n4cccn4)ccc3N)cc(F)c21. The minimum absolute atomic E-state index is 0.263. The summed E-state index contributed by atoms with van der Waals surface area (Å²) in [5.74, 6) is 0.703. The number of fused-ring (bicyclic) bond motifs is 1. The van der Waals surface area contributed by atoms with Gasteiger partial charge in [0.1, 0.15) is 10.6 Å². The number of halogens is 1. The summed E-state index contributed by atoms with van der Waals surface area (Å²) in [5, 5.41) is 7.30. The molecule has 4 N–H and O–H groups in total. The molecule has 0 fully saturated rings. The highest BCUT2D eigenvalue weighted by molar-refractivity contribution is 7.90. The van der Waals surface area contributed by atoms with Gasteiger partial charge in [-0.2, -0.15) is 5.10 Å². The van der Waals surface area contributed by atoms with Crippen LogP contribution in [0.1, 0.15) is 44.4 Å². The Morgan fingerprint density at radius 2 is 2.10 bits per heavy atom. The molecule has 1 aromatic carbocycles. The standard InChI is InChI=1S/C21H25FN6OS/c1-21(2,3)30(29)27-17-7-5-13-11-14(12-15(22)19(13)17)25-20-16(23)6-8-18(26-20)28-10-4-9-24-28/h4,6,8-12,17,27H,5,7,23H2,1-3H3,(H,25,26)/t17-,30-/m0/s1. The van der Waals surface area contributed by atoms with Crippen molar-refractivity contribution in [1.29, 1.82) is 0 Å². The zero-order valence-corrected chi connectivity index (χ0v) is 18.0. The zero-order chi connectivity index (χ0) is 21.5. The molecule has 0 saturated carbocycles. The van der Waals surface area contributed by atoms with E-state index in [1.807, 2.05) is 26.8 Å². The van der Waals surface area contributed by atoms with E-state index in [0.29, 0.717) is 41.4 Å². The fourth-order valence-electron chi connectivity index (χ4n) is 3.44. The number of pyridine rings is 1. The van der Waals surface area contributed by atoms with Crippen LogP contribution < -0.4 is 15.8 Å². The molecule has 1 aliphatic rings. The van der Waals surface area contributed by atoms with Crippen molar-refractivity contribution in [2.24, 2.45) is 0 Å². The molecular formula is C21H25FN6OS. The maximum absolute atomic E-state index is 15.0. The van der Waals surface area contributed by atoms with Crippen molar-refractivity contribution in [3.63, 3.8) is 0 Å². The Morgan fingerprint density at radius 1 is 1.30 bits per heavy atom. The molecular weight excluding hydrogens is 403 g/mol. The lowest BCUT2D eigenvalue weighted by molar-refractivity contribution is 0.513. The molecule has 0 aliphatic heterocycles. The van der Waals surface area contributed by atoms with Crippen molar-refractivity contribution in [1.82, 2.24) is 19.5 Å². The zero-order valence-electron chi connectivity index (χ0n) is 17.1. The monoisotopic (exact) mass is 428 g/mol. The molecule has 3 aromatic rings. The van der Waals surface area contributed by atoms with Gasteiger partial charge < -0.3 is 15.6 Å². The van der Waals surface area contributed by atoms with Crippen molar-refractivity contribution >= 4 is 28.6 Å². The first kappa shape index (κ1) is 20.6. The maximum Gasteiger partial charge on any atom is 0.156 e. The summed E-state index contributed by atoms with van der Waals surface area (Å²) in [6.07, 6.45) is 4.86. The van der Waals surface area contributed by atoms with Crippen LogP contribution in [0.25, 0.3) is 5.82 Å². The highest BCUT2D eigenvalue weighted by atomic mass is 32.2. The molecule has 0 amide bonds. The molecule has 0 bridgehead atoms. The Labute approximate surface area is 178 Å². The number of hydrogen-bond donors (Lipinski definition) is 3. The van der Waals surface area contributed by atoms with Crippen molar-refractivity contribution in [3.8, 4) is 5.82 Å². The molecule has 4 rings (SSSR count). The van der Waals surface area contributed by atoms with Gasteiger partial charge in [-0.25, -0.2) is 14.1 Å². The number of nitrogens with two attached hydrogens (primary N) is 1. The van der Waals surface area contributed by atoms with Crippen LogP contribution in [0, 0.1) is 5.82 Å². The molecule has 0 unspecified atom stereocenters. The third-order valence-corrected chi connectivity index (χ3v) is 6.60. The smallest absolute Gasteiger partial charge is 0.156 e. The first-order valence-corrected chi connectivity index (χ1v) is 10.9. The Balaban J connectivity index is 1.58. The van der Waals surface area contributed by atoms with Crippen molar-refractivity contribution in [3.05, 3.63) is 59.7 Å². The normalized spacial score (nSPS) is 17.0. The molecule has 0 radical (unpaired) electrons. The summed E-state index contributed by atoms with van der Waals surface area (Å²) in [6.45, 7) is 5.68. The van der Waals surface area contributed by atoms with Crippen LogP contribution in [-0.4, -0.2) is 24.1 Å². The fourth-order valence-corrected chi connectivity index (χ4v) is 4.29. The molecule has 30 heavy (non-hydrogen) atoms. The van der Waals surface area contributed by atoms with E-state index in [1.165, 1.54) is 6.07 Å². The number of aromatic nitrogens is 3. The Kier molecular flexibility index (Phi) is 5.44. The van der Waals surface area contributed by atoms with Crippen LogP contribution in [0.5, 0.6) is 0 Å². The average molecular weight is 429 g/mol. The summed E-state index contributed by atoms with van der Waals surface area (Å²) < 4.78 is 31.8. The van der Waals surface area contributed by atoms with Gasteiger partial charge in [0, 0.05) is 35.0 Å². The lowest BCUT2D eigenvalue weighted by atomic mass is 10.1. The summed E-state index contributed by atoms with van der Waals surface area (Å²) in [7, 11) is 0. The van der Waals surface area contributed by atoms with Crippen LogP contribution >= 0.6 is 0 Å². The first-order valence-electron chi connectivity index (χ1n) is 9.76. The molecule has 0 saturated heterocycles. The molecule has 7 nitrogen and oxygen atoms in total. The molecule has 2 aromatic heterocycles. The van der Waals surface area contributed by atoms with Gasteiger partial charge in [-0.3, -0.25) is 0 Å². The third-order valence-electron chi connectivity index (χ3n) is 4.99. The molecule has 0 spiro atoms. The Hall–Kier alpha value is -2.62. The number of rotatable bonds is 5. The van der Waals surface area contributed by atoms with Gasteiger partial charge in [0.2, 0.25) is 0 Å². The van der Waals surface area contributed by atoms with Gasteiger partial charge in [0.15, 0.2) is 11.6 Å². The van der Waals surface area contributed by atoms with Crippen LogP contribution in [0.15, 0.2) is 42.7 Å². The molecule has 9 heteroatoms. The molecule has 2 heterocycles. The molecule has 1 aliphatic carbocycles. The highest BCUT2D eigenvalue weighted by Crippen LogP contribution is 2.37. The van der Waals surface area contributed by atoms with Crippen LogP contribution in [0.2, 0.25) is 0 Å². The van der Waals surface area contributed by atoms with Crippen molar-refractivity contribution < 1.29 is 8.94 Å². The second-order valence-electron chi connectivity index (χ2n) is 8.30. The number of aryl methyl sites for hydroxylation is 1. The van der Waals surface area contributed by atoms with Gasteiger partial charge in [-0.05, 0) is 69.5 Å². The van der Waals surface area contributed by atoms with E-state index in [1.54, 1.807) is 35.3 Å². The number of benzene rings is 1. The Morgan fingerprint density at radius 3 is 2.80 bits per heavy atom. The van der Waals surface area contributed by atoms with Gasteiger partial charge in [-0.15, -0.1) is 4.72 Å². The van der Waals surface area contributed by atoms with E-state index in [4.69, 9.17) is 5.73 Å². The van der Waals surface area contributed by atoms with E-state index < -0.39 is 16.1 Å². The highest BCUT2D eigenvalue weighted by Gasteiger charge is 2.34. The lowest BCUT2D eigenvalue weighted by Crippen LogP contribution is -2.40. The van der Waals surface area contributed by atoms with Crippen molar-refractivity contribution in [2.75, 3.05) is 11.1 Å². The summed E-state index contributed by atoms with van der Waals surface area (Å²) in [4.78, 5) is 4.50. The molecule has 158 valence electrons. The van der Waals surface area contributed by atoms with Crippen molar-refractivity contribution in [2.45, 2.75) is 44.4 Å².